The van der Waals surface area contributed by atoms with E-state index < -0.39 is 29.5 Å². The van der Waals surface area contributed by atoms with Crippen LogP contribution in [0.15, 0.2) is 41.9 Å². The summed E-state index contributed by atoms with van der Waals surface area (Å²) in [6.07, 6.45) is 3.40. The normalized spacial score (nSPS) is 22.3. The maximum absolute atomic E-state index is 14.7. The van der Waals surface area contributed by atoms with Gasteiger partial charge in [0, 0.05) is 85.3 Å². The first-order valence-electron chi connectivity index (χ1n) is 23.1. The second kappa shape index (κ2) is 20.2. The fraction of sp³-hybridized carbons (Fsp3) is 0.560. The SMILES string of the molecule is CC#CC(=O)N1CC(CN(C)[C@H](C(=O)N[C@H]2Cc3nc(cs3)-c3ccc4c(c3)c(c(-c3cccnc3[C@H](C)OC)n4CC)CC(C)(C)COC(=O)[C@@H]3CCCN(N3)C2=O)C(C)C)[C@@H](C)C1. The average molecular weight is 907 g/mol. The fourth-order valence-corrected chi connectivity index (χ4v) is 10.8. The number of ether oxygens (including phenoxy) is 2. The van der Waals surface area contributed by atoms with Crippen molar-refractivity contribution in [1.29, 1.82) is 0 Å². The number of hydrogen-bond acceptors (Lipinski definition) is 11. The van der Waals surface area contributed by atoms with Crippen LogP contribution in [0.25, 0.3) is 33.4 Å². The van der Waals surface area contributed by atoms with Crippen LogP contribution < -0.4 is 10.7 Å². The van der Waals surface area contributed by atoms with Gasteiger partial charge in [0.05, 0.1) is 40.8 Å². The summed E-state index contributed by atoms with van der Waals surface area (Å²) in [6, 6.07) is 8.24. The van der Waals surface area contributed by atoms with Crippen LogP contribution in [0, 0.1) is 35.0 Å². The molecule has 6 bridgehead atoms. The number of hydrazine groups is 1. The lowest BCUT2D eigenvalue weighted by molar-refractivity contribution is -0.155. The number of nitrogens with zero attached hydrogens (tertiary/aromatic N) is 6. The molecular formula is C50H66N8O6S. The Morgan fingerprint density at radius 3 is 2.68 bits per heavy atom. The van der Waals surface area contributed by atoms with Crippen molar-refractivity contribution in [2.24, 2.45) is 23.2 Å². The Kier molecular flexibility index (Phi) is 14.8. The Bertz CT molecular complexity index is 2470. The van der Waals surface area contributed by atoms with Gasteiger partial charge < -0.3 is 24.3 Å². The maximum atomic E-state index is 14.7. The first-order valence-corrected chi connectivity index (χ1v) is 24.0. The van der Waals surface area contributed by atoms with Crippen molar-refractivity contribution >= 4 is 45.9 Å². The van der Waals surface area contributed by atoms with Gasteiger partial charge in [-0.15, -0.1) is 11.3 Å². The van der Waals surface area contributed by atoms with Crippen molar-refractivity contribution in [3.8, 4) is 34.4 Å². The maximum Gasteiger partial charge on any atom is 0.324 e. The van der Waals surface area contributed by atoms with Gasteiger partial charge in [-0.1, -0.05) is 46.6 Å². The third-order valence-corrected chi connectivity index (χ3v) is 14.2. The summed E-state index contributed by atoms with van der Waals surface area (Å²) in [7, 11) is 3.63. The van der Waals surface area contributed by atoms with Gasteiger partial charge >= 0.3 is 5.97 Å². The number of nitrogens with one attached hydrogen (secondary N) is 2. The molecule has 65 heavy (non-hydrogen) atoms. The highest BCUT2D eigenvalue weighted by Gasteiger charge is 2.39. The number of thiazole rings is 1. The molecule has 15 heteroatoms. The quantitative estimate of drug-likeness (QED) is 0.138. The first-order chi connectivity index (χ1) is 31.0. The smallest absolute Gasteiger partial charge is 0.324 e. The second-order valence-electron chi connectivity index (χ2n) is 19.2. The molecule has 3 aliphatic heterocycles. The Morgan fingerprint density at radius 2 is 1.95 bits per heavy atom. The van der Waals surface area contributed by atoms with Gasteiger partial charge in [0.2, 0.25) is 5.91 Å². The standard InChI is InChI=1S/C50H66N8O6S/c1-11-15-43(59)56-25-31(5)34(27-56)26-55(9)45(30(3)4)47(60)53-39-23-42-52-40(28-65-42)33-18-19-41-36(22-33)37(46(57(41)12-2)35-16-13-20-51-44(35)32(6)63-10)24-50(7,8)29-64-49(62)38-17-14-21-58(54-38)48(39)61/h13,16,18-20,22,28,30-32,34,38-39,45,54H,12,14,17,21,23-27,29H2,1-10H3,(H,53,60)/t31-,32-,34?,38-,39-,45-/m0/s1. The zero-order chi connectivity index (χ0) is 46.7. The van der Waals surface area contributed by atoms with Crippen molar-refractivity contribution < 1.29 is 28.7 Å². The van der Waals surface area contributed by atoms with E-state index in [1.165, 1.54) is 16.3 Å². The van der Waals surface area contributed by atoms with Crippen LogP contribution in [0.3, 0.4) is 0 Å². The zero-order valence-electron chi connectivity index (χ0n) is 39.7. The van der Waals surface area contributed by atoms with Crippen LogP contribution in [0.1, 0.15) is 90.6 Å². The van der Waals surface area contributed by atoms with Gasteiger partial charge in [0.25, 0.3) is 11.8 Å². The van der Waals surface area contributed by atoms with Crippen molar-refractivity contribution in [2.45, 2.75) is 112 Å². The summed E-state index contributed by atoms with van der Waals surface area (Å²) in [5, 5.41) is 8.43. The van der Waals surface area contributed by atoms with Gasteiger partial charge in [0.1, 0.15) is 12.1 Å². The van der Waals surface area contributed by atoms with E-state index in [9.17, 15) is 19.2 Å². The van der Waals surface area contributed by atoms with Crippen molar-refractivity contribution in [1.82, 2.24) is 40.1 Å². The predicted molar refractivity (Wildman–Crippen MR) is 253 cm³/mol. The molecule has 14 nitrogen and oxygen atoms in total. The third-order valence-electron chi connectivity index (χ3n) is 13.3. The molecule has 3 aliphatic rings. The third kappa shape index (κ3) is 10.3. The predicted octanol–water partition coefficient (Wildman–Crippen LogP) is 6.28. The highest BCUT2D eigenvalue weighted by Crippen LogP contribution is 2.42. The largest absolute Gasteiger partial charge is 0.464 e. The molecule has 2 saturated heterocycles. The van der Waals surface area contributed by atoms with Gasteiger partial charge in [-0.2, -0.15) is 0 Å². The van der Waals surface area contributed by atoms with E-state index in [2.05, 4.69) is 84.0 Å². The minimum Gasteiger partial charge on any atom is -0.464 e. The van der Waals surface area contributed by atoms with Crippen molar-refractivity contribution in [3.05, 3.63) is 58.2 Å². The Balaban J connectivity index is 1.25. The van der Waals surface area contributed by atoms with E-state index in [1.54, 1.807) is 25.1 Å². The number of carbonyl (C=O) groups is 4. The van der Waals surface area contributed by atoms with Crippen LogP contribution >= 0.6 is 11.3 Å². The number of esters is 1. The van der Waals surface area contributed by atoms with Crippen LogP contribution in [-0.2, 0) is 48.0 Å². The number of aryl methyl sites for hydroxylation is 1. The van der Waals surface area contributed by atoms with E-state index in [0.717, 1.165) is 44.7 Å². The lowest BCUT2D eigenvalue weighted by Gasteiger charge is -2.37. The van der Waals surface area contributed by atoms with E-state index in [4.69, 9.17) is 19.4 Å². The summed E-state index contributed by atoms with van der Waals surface area (Å²) in [5.74, 6) is 4.46. The number of methoxy groups -OCH3 is 1. The molecule has 3 aromatic heterocycles. The van der Waals surface area contributed by atoms with E-state index in [0.29, 0.717) is 57.0 Å². The van der Waals surface area contributed by atoms with Gasteiger partial charge in [0.15, 0.2) is 0 Å². The molecule has 7 rings (SSSR count). The molecule has 1 unspecified atom stereocenters. The molecular weight excluding hydrogens is 841 g/mol. The number of pyridine rings is 1. The highest BCUT2D eigenvalue weighted by atomic mass is 32.1. The number of rotatable bonds is 10. The number of benzene rings is 1. The number of likely N-dealkylation sites (tertiary alicyclic amines) is 1. The van der Waals surface area contributed by atoms with Crippen molar-refractivity contribution in [2.75, 3.05) is 46.9 Å². The molecule has 348 valence electrons. The summed E-state index contributed by atoms with van der Waals surface area (Å²) >= 11 is 1.46. The van der Waals surface area contributed by atoms with E-state index >= 15 is 0 Å². The number of amides is 3. The number of aromatic nitrogens is 3. The highest BCUT2D eigenvalue weighted by molar-refractivity contribution is 7.10. The number of cyclic esters (lactones) is 1. The molecule has 0 saturated carbocycles. The average Bonchev–Trinajstić information content (AvgIpc) is 3.99. The zero-order valence-corrected chi connectivity index (χ0v) is 40.5. The molecule has 6 atom stereocenters. The number of fused-ring (bicyclic) bond motifs is 6. The van der Waals surface area contributed by atoms with E-state index in [1.807, 2.05) is 39.3 Å². The van der Waals surface area contributed by atoms with Crippen LogP contribution in [0.4, 0.5) is 0 Å². The molecule has 0 aliphatic carbocycles. The first kappa shape index (κ1) is 47.8. The Hall–Kier alpha value is -5.14. The van der Waals surface area contributed by atoms with Crippen molar-refractivity contribution in [3.63, 3.8) is 0 Å². The molecule has 6 heterocycles. The molecule has 1 aromatic carbocycles. The van der Waals surface area contributed by atoms with Gasteiger partial charge in [-0.3, -0.25) is 34.1 Å². The summed E-state index contributed by atoms with van der Waals surface area (Å²) in [5.41, 5.74) is 9.51. The molecule has 2 fully saturated rings. The number of carbonyl (C=O) groups excluding carboxylic acids is 4. The topological polar surface area (TPSA) is 151 Å². The summed E-state index contributed by atoms with van der Waals surface area (Å²) < 4.78 is 14.3. The minimum atomic E-state index is -0.972. The van der Waals surface area contributed by atoms with E-state index in [-0.39, 0.29) is 54.6 Å². The lowest BCUT2D eigenvalue weighted by atomic mass is 9.84. The van der Waals surface area contributed by atoms with Crippen LogP contribution in [0.5, 0.6) is 0 Å². The number of hydrogen-bond donors (Lipinski definition) is 2. The number of likely N-dealkylation sites (N-methyl/N-ethyl adjacent to an activating group) is 1. The summed E-state index contributed by atoms with van der Waals surface area (Å²) in [4.78, 5) is 69.5. The lowest BCUT2D eigenvalue weighted by Crippen LogP contribution is -2.62. The van der Waals surface area contributed by atoms with Gasteiger partial charge in [-0.25, -0.2) is 10.4 Å². The second-order valence-corrected chi connectivity index (χ2v) is 20.2. The summed E-state index contributed by atoms with van der Waals surface area (Å²) in [6.45, 7) is 19.2. The fourth-order valence-electron chi connectivity index (χ4n) is 9.94. The molecule has 0 spiro atoms. The Morgan fingerprint density at radius 1 is 1.17 bits per heavy atom. The van der Waals surface area contributed by atoms with Gasteiger partial charge in [-0.05, 0) is 101 Å². The minimum absolute atomic E-state index is 0.0892. The molecule has 4 aromatic rings. The molecule has 0 radical (unpaired) electrons. The molecule has 2 N–H and O–H groups in total. The van der Waals surface area contributed by atoms with Crippen LogP contribution in [0.2, 0.25) is 0 Å². The molecule has 3 amide bonds. The Labute approximate surface area is 387 Å². The monoisotopic (exact) mass is 906 g/mol. The van der Waals surface area contributed by atoms with Crippen LogP contribution in [-0.4, -0.2) is 118 Å².